The predicted octanol–water partition coefficient (Wildman–Crippen LogP) is 1.89. The van der Waals surface area contributed by atoms with E-state index in [0.717, 1.165) is 0 Å². The van der Waals surface area contributed by atoms with Crippen LogP contribution in [0.1, 0.15) is 16.8 Å². The molecular formula is C15H19Cl2N3O2. The van der Waals surface area contributed by atoms with Gasteiger partial charge in [0.2, 0.25) is 5.91 Å². The van der Waals surface area contributed by atoms with Gasteiger partial charge in [-0.2, -0.15) is 0 Å². The van der Waals surface area contributed by atoms with Crippen molar-refractivity contribution in [2.45, 2.75) is 6.42 Å². The normalized spacial score (nSPS) is 15.0. The summed E-state index contributed by atoms with van der Waals surface area (Å²) in [5, 5.41) is 3.66. The van der Waals surface area contributed by atoms with Crippen molar-refractivity contribution >= 4 is 35.0 Å². The molecule has 1 aliphatic rings. The van der Waals surface area contributed by atoms with Gasteiger partial charge >= 0.3 is 0 Å². The SMILES string of the molecule is CNCCC(=O)N1CCN(C(=O)c2c(Cl)cccc2Cl)CC1. The van der Waals surface area contributed by atoms with Gasteiger partial charge < -0.3 is 15.1 Å². The van der Waals surface area contributed by atoms with Crippen LogP contribution in [0.25, 0.3) is 0 Å². The number of piperazine rings is 1. The third kappa shape index (κ3) is 3.91. The van der Waals surface area contributed by atoms with Crippen molar-refractivity contribution in [3.8, 4) is 0 Å². The fraction of sp³-hybridized carbons (Fsp3) is 0.467. The van der Waals surface area contributed by atoms with Crippen molar-refractivity contribution in [3.63, 3.8) is 0 Å². The first-order valence-corrected chi connectivity index (χ1v) is 7.96. The molecule has 2 amide bonds. The molecule has 0 aliphatic carbocycles. The highest BCUT2D eigenvalue weighted by Crippen LogP contribution is 2.26. The molecule has 0 aromatic heterocycles. The van der Waals surface area contributed by atoms with Gasteiger partial charge in [0.1, 0.15) is 0 Å². The highest BCUT2D eigenvalue weighted by molar-refractivity contribution is 6.39. The van der Waals surface area contributed by atoms with Gasteiger partial charge in [0.15, 0.2) is 0 Å². The van der Waals surface area contributed by atoms with Gasteiger partial charge in [-0.1, -0.05) is 29.3 Å². The summed E-state index contributed by atoms with van der Waals surface area (Å²) in [4.78, 5) is 28.0. The van der Waals surface area contributed by atoms with Crippen LogP contribution in [0, 0.1) is 0 Å². The number of amides is 2. The first-order valence-electron chi connectivity index (χ1n) is 7.20. The number of carbonyl (C=O) groups is 2. The summed E-state index contributed by atoms with van der Waals surface area (Å²) in [5.41, 5.74) is 0.334. The maximum Gasteiger partial charge on any atom is 0.257 e. The van der Waals surface area contributed by atoms with Crippen molar-refractivity contribution in [1.29, 1.82) is 0 Å². The van der Waals surface area contributed by atoms with E-state index in [4.69, 9.17) is 23.2 Å². The first-order chi connectivity index (χ1) is 10.5. The zero-order chi connectivity index (χ0) is 16.1. The summed E-state index contributed by atoms with van der Waals surface area (Å²) in [6.45, 7) is 2.72. The molecular weight excluding hydrogens is 325 g/mol. The van der Waals surface area contributed by atoms with E-state index < -0.39 is 0 Å². The second-order valence-corrected chi connectivity index (χ2v) is 5.94. The van der Waals surface area contributed by atoms with Gasteiger partial charge in [-0.05, 0) is 19.2 Å². The molecule has 0 saturated carbocycles. The van der Waals surface area contributed by atoms with Gasteiger partial charge in [0.05, 0.1) is 15.6 Å². The highest BCUT2D eigenvalue weighted by atomic mass is 35.5. The smallest absolute Gasteiger partial charge is 0.257 e. The van der Waals surface area contributed by atoms with Crippen LogP contribution in [-0.4, -0.2) is 61.4 Å². The largest absolute Gasteiger partial charge is 0.339 e. The van der Waals surface area contributed by atoms with Gasteiger partial charge in [-0.15, -0.1) is 0 Å². The van der Waals surface area contributed by atoms with Gasteiger partial charge in [-0.25, -0.2) is 0 Å². The molecule has 120 valence electrons. The van der Waals surface area contributed by atoms with E-state index in [-0.39, 0.29) is 11.8 Å². The molecule has 1 heterocycles. The minimum absolute atomic E-state index is 0.109. The van der Waals surface area contributed by atoms with Crippen molar-refractivity contribution in [1.82, 2.24) is 15.1 Å². The first kappa shape index (κ1) is 17.1. The lowest BCUT2D eigenvalue weighted by molar-refractivity contribution is -0.132. The molecule has 0 atom stereocenters. The lowest BCUT2D eigenvalue weighted by atomic mass is 10.1. The molecule has 1 aliphatic heterocycles. The molecule has 0 bridgehead atoms. The monoisotopic (exact) mass is 343 g/mol. The third-order valence-electron chi connectivity index (χ3n) is 3.69. The molecule has 22 heavy (non-hydrogen) atoms. The van der Waals surface area contributed by atoms with Crippen molar-refractivity contribution in [2.75, 3.05) is 39.8 Å². The molecule has 1 N–H and O–H groups in total. The standard InChI is InChI=1S/C15H19Cl2N3O2/c1-18-6-5-13(21)19-7-9-20(10-8-19)15(22)14-11(16)3-2-4-12(14)17/h2-4,18H,5-10H2,1H3. The summed E-state index contributed by atoms with van der Waals surface area (Å²) in [6.07, 6.45) is 0.473. The van der Waals surface area contributed by atoms with E-state index in [0.29, 0.717) is 54.8 Å². The van der Waals surface area contributed by atoms with Crippen LogP contribution in [0.2, 0.25) is 10.0 Å². The topological polar surface area (TPSA) is 52.7 Å². The number of nitrogens with zero attached hydrogens (tertiary/aromatic N) is 2. The summed E-state index contributed by atoms with van der Waals surface area (Å²) in [6, 6.07) is 5.01. The van der Waals surface area contributed by atoms with Crippen molar-refractivity contribution in [3.05, 3.63) is 33.8 Å². The zero-order valence-corrected chi connectivity index (χ0v) is 14.0. The van der Waals surface area contributed by atoms with Crippen molar-refractivity contribution < 1.29 is 9.59 Å². The number of nitrogens with one attached hydrogen (secondary N) is 1. The summed E-state index contributed by atoms with van der Waals surface area (Å²) in [5.74, 6) is -0.0739. The molecule has 1 saturated heterocycles. The Balaban J connectivity index is 1.97. The number of carbonyl (C=O) groups excluding carboxylic acids is 2. The van der Waals surface area contributed by atoms with Crippen LogP contribution < -0.4 is 5.32 Å². The van der Waals surface area contributed by atoms with Crippen molar-refractivity contribution in [2.24, 2.45) is 0 Å². The Bertz CT molecular complexity index is 537. The summed E-state index contributed by atoms with van der Waals surface area (Å²) < 4.78 is 0. The predicted molar refractivity (Wildman–Crippen MR) is 87.5 cm³/mol. The number of halogens is 2. The Hall–Kier alpha value is -1.30. The van der Waals surface area contributed by atoms with E-state index in [1.54, 1.807) is 28.0 Å². The minimum atomic E-state index is -0.182. The Morgan fingerprint density at radius 3 is 2.18 bits per heavy atom. The van der Waals surface area contributed by atoms with Gasteiger partial charge in [-0.3, -0.25) is 9.59 Å². The lowest BCUT2D eigenvalue weighted by Gasteiger charge is -2.35. The average Bonchev–Trinajstić information content (AvgIpc) is 2.52. The summed E-state index contributed by atoms with van der Waals surface area (Å²) in [7, 11) is 1.82. The number of hydrogen-bond acceptors (Lipinski definition) is 3. The van der Waals surface area contributed by atoms with E-state index in [9.17, 15) is 9.59 Å². The maximum absolute atomic E-state index is 12.5. The second-order valence-electron chi connectivity index (χ2n) is 5.12. The maximum atomic E-state index is 12.5. The molecule has 7 heteroatoms. The molecule has 0 spiro atoms. The lowest BCUT2D eigenvalue weighted by Crippen LogP contribution is -2.51. The highest BCUT2D eigenvalue weighted by Gasteiger charge is 2.26. The van der Waals surface area contributed by atoms with Crippen LogP contribution >= 0.6 is 23.2 Å². The molecule has 2 rings (SSSR count). The number of benzene rings is 1. The summed E-state index contributed by atoms with van der Waals surface area (Å²) >= 11 is 12.2. The molecule has 5 nitrogen and oxygen atoms in total. The van der Waals surface area contributed by atoms with Crippen LogP contribution in [0.5, 0.6) is 0 Å². The number of hydrogen-bond donors (Lipinski definition) is 1. The van der Waals surface area contributed by atoms with E-state index in [2.05, 4.69) is 5.32 Å². The molecule has 1 fully saturated rings. The van der Waals surface area contributed by atoms with Crippen LogP contribution in [0.4, 0.5) is 0 Å². The second kappa shape index (κ2) is 7.81. The molecule has 1 aromatic carbocycles. The van der Waals surface area contributed by atoms with Crippen LogP contribution in [-0.2, 0) is 4.79 Å². The fourth-order valence-corrected chi connectivity index (χ4v) is 2.97. The fourth-order valence-electron chi connectivity index (χ4n) is 2.41. The molecule has 0 unspecified atom stereocenters. The third-order valence-corrected chi connectivity index (χ3v) is 4.32. The minimum Gasteiger partial charge on any atom is -0.339 e. The Kier molecular flexibility index (Phi) is 6.06. The Morgan fingerprint density at radius 2 is 1.64 bits per heavy atom. The quantitative estimate of drug-likeness (QED) is 0.908. The molecule has 1 aromatic rings. The molecule has 0 radical (unpaired) electrons. The zero-order valence-electron chi connectivity index (χ0n) is 12.4. The van der Waals surface area contributed by atoms with E-state index in [1.165, 1.54) is 0 Å². The number of rotatable bonds is 4. The Labute approximate surface area is 140 Å². The van der Waals surface area contributed by atoms with Crippen LogP contribution in [0.15, 0.2) is 18.2 Å². The van der Waals surface area contributed by atoms with Gasteiger partial charge in [0, 0.05) is 39.1 Å². The van der Waals surface area contributed by atoms with Gasteiger partial charge in [0.25, 0.3) is 5.91 Å². The average molecular weight is 344 g/mol. The van der Waals surface area contributed by atoms with Crippen LogP contribution in [0.3, 0.4) is 0 Å². The van der Waals surface area contributed by atoms with E-state index >= 15 is 0 Å². The van der Waals surface area contributed by atoms with E-state index in [1.807, 2.05) is 7.05 Å². The Morgan fingerprint density at radius 1 is 1.09 bits per heavy atom.